The number of benzene rings is 2. The molecule has 2 saturated heterocycles. The minimum Gasteiger partial charge on any atom is -0.449 e. The fraction of sp³-hybridized carbons (Fsp3) is 0.368. The van der Waals surface area contributed by atoms with Gasteiger partial charge in [-0.3, -0.25) is 19.2 Å². The summed E-state index contributed by atoms with van der Waals surface area (Å²) in [5.74, 6) is -0.139. The molecular weight excluding hydrogens is 445 g/mol. The van der Waals surface area contributed by atoms with Crippen LogP contribution >= 0.6 is 7.67 Å². The van der Waals surface area contributed by atoms with Crippen molar-refractivity contribution >= 4 is 23.2 Å². The standard InChI is InChI=1S/C19H22N3O7PS/c1-14(29-30(25,20-9-10-20)21-11-12-21)15-7-8-16(22(23)24)18(13-15)28-17-5-3-4-6-19(17)31(2,26)27/h3-8,13-14H,9-12H2,1-2H3. The van der Waals surface area contributed by atoms with Crippen LogP contribution < -0.4 is 4.74 Å². The van der Waals surface area contributed by atoms with Crippen LogP contribution in [0.15, 0.2) is 47.4 Å². The molecule has 0 radical (unpaired) electrons. The third-order valence-corrected chi connectivity index (χ3v) is 8.93. The largest absolute Gasteiger partial charge is 0.449 e. The predicted octanol–water partition coefficient (Wildman–Crippen LogP) is 3.61. The zero-order valence-corrected chi connectivity index (χ0v) is 18.7. The van der Waals surface area contributed by atoms with E-state index < -0.39 is 28.5 Å². The van der Waals surface area contributed by atoms with Gasteiger partial charge in [0.1, 0.15) is 10.6 Å². The van der Waals surface area contributed by atoms with E-state index in [4.69, 9.17) is 9.26 Å². The minimum absolute atomic E-state index is 0.0160. The summed E-state index contributed by atoms with van der Waals surface area (Å²) in [6.07, 6.45) is 0.411. The zero-order valence-electron chi connectivity index (χ0n) is 17.0. The van der Waals surface area contributed by atoms with Crippen molar-refractivity contribution in [2.75, 3.05) is 32.4 Å². The monoisotopic (exact) mass is 467 g/mol. The lowest BCUT2D eigenvalue weighted by molar-refractivity contribution is -0.385. The highest BCUT2D eigenvalue weighted by Gasteiger charge is 2.50. The van der Waals surface area contributed by atoms with Crippen molar-refractivity contribution in [1.82, 2.24) is 9.34 Å². The fourth-order valence-electron chi connectivity index (χ4n) is 3.15. The topological polar surface area (TPSA) is 119 Å². The average molecular weight is 467 g/mol. The van der Waals surface area contributed by atoms with Gasteiger partial charge in [-0.1, -0.05) is 12.1 Å². The van der Waals surface area contributed by atoms with Crippen molar-refractivity contribution in [3.05, 3.63) is 58.1 Å². The third kappa shape index (κ3) is 4.65. The molecule has 0 N–H and O–H groups in total. The van der Waals surface area contributed by atoms with Crippen LogP contribution in [-0.2, 0) is 18.9 Å². The second-order valence-electron chi connectivity index (χ2n) is 7.45. The molecule has 1 atom stereocenters. The summed E-state index contributed by atoms with van der Waals surface area (Å²) in [5, 5.41) is 11.5. The molecule has 31 heavy (non-hydrogen) atoms. The van der Waals surface area contributed by atoms with E-state index in [-0.39, 0.29) is 22.1 Å². The van der Waals surface area contributed by atoms with Crippen molar-refractivity contribution in [2.45, 2.75) is 17.9 Å². The van der Waals surface area contributed by atoms with Gasteiger partial charge in [0.25, 0.3) is 0 Å². The van der Waals surface area contributed by atoms with Gasteiger partial charge in [-0.15, -0.1) is 0 Å². The first kappa shape index (κ1) is 21.9. The Hall–Kier alpha value is -2.30. The molecule has 2 aromatic rings. The average Bonchev–Trinajstić information content (AvgIpc) is 3.59. The Balaban J connectivity index is 1.66. The number of rotatable bonds is 9. The molecule has 2 aliphatic heterocycles. The summed E-state index contributed by atoms with van der Waals surface area (Å²) in [6.45, 7) is 4.54. The molecular formula is C19H22N3O7PS. The van der Waals surface area contributed by atoms with Crippen molar-refractivity contribution in [1.29, 1.82) is 0 Å². The zero-order chi connectivity index (χ0) is 22.4. The molecule has 12 heteroatoms. The molecule has 2 heterocycles. The van der Waals surface area contributed by atoms with E-state index in [1.54, 1.807) is 28.4 Å². The first-order valence-corrected chi connectivity index (χ1v) is 13.1. The summed E-state index contributed by atoms with van der Waals surface area (Å²) in [4.78, 5) is 10.8. The van der Waals surface area contributed by atoms with E-state index in [0.29, 0.717) is 31.7 Å². The van der Waals surface area contributed by atoms with Crippen molar-refractivity contribution in [2.24, 2.45) is 0 Å². The highest BCUT2D eigenvalue weighted by molar-refractivity contribution is 7.90. The van der Waals surface area contributed by atoms with Gasteiger partial charge >= 0.3 is 13.4 Å². The lowest BCUT2D eigenvalue weighted by Gasteiger charge is -2.24. The van der Waals surface area contributed by atoms with Crippen LogP contribution in [0.2, 0.25) is 0 Å². The highest BCUT2D eigenvalue weighted by atomic mass is 32.2. The quantitative estimate of drug-likeness (QED) is 0.236. The lowest BCUT2D eigenvalue weighted by atomic mass is 10.1. The molecule has 0 aromatic heterocycles. The van der Waals surface area contributed by atoms with Gasteiger partial charge in [0.2, 0.25) is 5.75 Å². The fourth-order valence-corrected chi connectivity index (χ4v) is 6.30. The molecule has 0 amide bonds. The van der Waals surface area contributed by atoms with E-state index in [9.17, 15) is 23.1 Å². The number of hydrogen-bond acceptors (Lipinski definition) is 7. The van der Waals surface area contributed by atoms with Gasteiger partial charge < -0.3 is 4.74 Å². The van der Waals surface area contributed by atoms with E-state index in [2.05, 4.69) is 0 Å². The SMILES string of the molecule is CC(OP(=O)(N1CC1)N1CC1)c1ccc([N+](=O)[O-])c(Oc2ccccc2S(C)(=O)=O)c1. The van der Waals surface area contributed by atoms with E-state index >= 15 is 0 Å². The normalized spacial score (nSPS) is 17.9. The van der Waals surface area contributed by atoms with Crippen molar-refractivity contribution in [3.63, 3.8) is 0 Å². The third-order valence-electron chi connectivity index (χ3n) is 4.98. The van der Waals surface area contributed by atoms with E-state index in [1.165, 1.54) is 30.3 Å². The molecule has 2 aliphatic rings. The van der Waals surface area contributed by atoms with Crippen LogP contribution in [0.4, 0.5) is 5.69 Å². The number of hydrogen-bond donors (Lipinski definition) is 0. The second-order valence-corrected chi connectivity index (χ2v) is 11.8. The Kier molecular flexibility index (Phi) is 5.65. The molecule has 0 saturated carbocycles. The van der Waals surface area contributed by atoms with Crippen LogP contribution in [-0.4, -0.2) is 55.1 Å². The molecule has 1 unspecified atom stereocenters. The number of nitrogens with zero attached hydrogens (tertiary/aromatic N) is 3. The maximum absolute atomic E-state index is 13.3. The molecule has 4 rings (SSSR count). The second kappa shape index (κ2) is 7.99. The van der Waals surface area contributed by atoms with E-state index in [1.807, 2.05) is 0 Å². The molecule has 10 nitrogen and oxygen atoms in total. The molecule has 0 spiro atoms. The molecule has 0 bridgehead atoms. The molecule has 2 fully saturated rings. The van der Waals surface area contributed by atoms with Gasteiger partial charge in [0, 0.05) is 38.5 Å². The Labute approximate surface area is 180 Å². The molecule has 166 valence electrons. The first-order chi connectivity index (χ1) is 14.6. The van der Waals surface area contributed by atoms with Gasteiger partial charge in [0.15, 0.2) is 9.84 Å². The Bertz CT molecular complexity index is 1160. The number of ether oxygens (including phenoxy) is 1. The maximum Gasteiger partial charge on any atom is 0.346 e. The summed E-state index contributed by atoms with van der Waals surface area (Å²) >= 11 is 0. The molecule has 0 aliphatic carbocycles. The summed E-state index contributed by atoms with van der Waals surface area (Å²) in [5.41, 5.74) is 0.209. The Morgan fingerprint density at radius 1 is 1.06 bits per heavy atom. The molecule has 2 aromatic carbocycles. The smallest absolute Gasteiger partial charge is 0.346 e. The summed E-state index contributed by atoms with van der Waals surface area (Å²) in [6, 6.07) is 10.1. The minimum atomic E-state index is -3.61. The summed E-state index contributed by atoms with van der Waals surface area (Å²) < 4.78 is 52.6. The van der Waals surface area contributed by atoms with Crippen molar-refractivity contribution < 1.29 is 27.2 Å². The van der Waals surface area contributed by atoms with E-state index in [0.717, 1.165) is 6.26 Å². The van der Waals surface area contributed by atoms with Gasteiger partial charge in [-0.2, -0.15) is 0 Å². The maximum atomic E-state index is 13.3. The Morgan fingerprint density at radius 2 is 1.68 bits per heavy atom. The van der Waals surface area contributed by atoms with Gasteiger partial charge in [-0.05, 0) is 36.8 Å². The number of para-hydroxylation sites is 1. The van der Waals surface area contributed by atoms with Crippen LogP contribution in [0.1, 0.15) is 18.6 Å². The summed E-state index contributed by atoms with van der Waals surface area (Å²) in [7, 11) is -6.70. The van der Waals surface area contributed by atoms with Crippen LogP contribution in [0, 0.1) is 10.1 Å². The lowest BCUT2D eigenvalue weighted by Crippen LogP contribution is -2.10. The first-order valence-electron chi connectivity index (χ1n) is 9.64. The predicted molar refractivity (Wildman–Crippen MR) is 113 cm³/mol. The highest BCUT2D eigenvalue weighted by Crippen LogP contribution is 2.63. The van der Waals surface area contributed by atoms with Crippen LogP contribution in [0.3, 0.4) is 0 Å². The van der Waals surface area contributed by atoms with Gasteiger partial charge in [-0.25, -0.2) is 17.8 Å². The van der Waals surface area contributed by atoms with Gasteiger partial charge in [0.05, 0.1) is 11.0 Å². The Morgan fingerprint density at radius 3 is 2.23 bits per heavy atom. The number of sulfone groups is 1. The van der Waals surface area contributed by atoms with Crippen LogP contribution in [0.5, 0.6) is 11.5 Å². The number of nitro groups is 1. The van der Waals surface area contributed by atoms with Crippen LogP contribution in [0.25, 0.3) is 0 Å². The number of nitro benzene ring substituents is 1. The van der Waals surface area contributed by atoms with Crippen molar-refractivity contribution in [3.8, 4) is 11.5 Å².